The van der Waals surface area contributed by atoms with Gasteiger partial charge in [-0.2, -0.15) is 0 Å². The van der Waals surface area contributed by atoms with Crippen LogP contribution >= 0.6 is 0 Å². The smallest absolute Gasteiger partial charge is 0.0379 e. The molecule has 0 atom stereocenters. The Kier molecular flexibility index (Phi) is 3.81. The second kappa shape index (κ2) is 4.90. The molecule has 0 saturated heterocycles. The lowest BCUT2D eigenvalue weighted by atomic mass is 10.0. The maximum absolute atomic E-state index is 6.04. The van der Waals surface area contributed by atoms with Gasteiger partial charge >= 0.3 is 0 Å². The van der Waals surface area contributed by atoms with Gasteiger partial charge in [0.1, 0.15) is 0 Å². The second-order valence-corrected chi connectivity index (χ2v) is 3.42. The van der Waals surface area contributed by atoms with Crippen LogP contribution in [0.2, 0.25) is 0 Å². The lowest BCUT2D eigenvalue weighted by Crippen LogP contribution is -1.99. The summed E-state index contributed by atoms with van der Waals surface area (Å²) < 4.78 is 0. The second-order valence-electron chi connectivity index (χ2n) is 3.42. The van der Waals surface area contributed by atoms with E-state index in [4.69, 9.17) is 5.73 Å². The zero-order valence-corrected chi connectivity index (χ0v) is 8.56. The van der Waals surface area contributed by atoms with Crippen molar-refractivity contribution in [2.24, 2.45) is 0 Å². The average molecular weight is 176 g/mol. The van der Waals surface area contributed by atoms with Crippen molar-refractivity contribution in [3.63, 3.8) is 0 Å². The van der Waals surface area contributed by atoms with Crippen molar-refractivity contribution in [1.29, 1.82) is 0 Å². The fraction of sp³-hybridized carbons (Fsp3) is 0.500. The number of benzene rings is 1. The molecule has 0 aliphatic heterocycles. The van der Waals surface area contributed by atoms with Crippen LogP contribution in [0.5, 0.6) is 0 Å². The van der Waals surface area contributed by atoms with Gasteiger partial charge in [-0.1, -0.05) is 26.7 Å². The maximum Gasteiger partial charge on any atom is 0.0379 e. The Morgan fingerprint density at radius 2 is 1.54 bits per heavy atom. The van der Waals surface area contributed by atoms with E-state index >= 15 is 0 Å². The molecule has 1 heteroatoms. The molecule has 1 radical (unpaired) electrons. The van der Waals surface area contributed by atoms with Gasteiger partial charge in [0.15, 0.2) is 0 Å². The van der Waals surface area contributed by atoms with Crippen molar-refractivity contribution in [3.05, 3.63) is 29.3 Å². The Labute approximate surface area is 81.0 Å². The normalized spacial score (nSPS) is 10.3. The van der Waals surface area contributed by atoms with Gasteiger partial charge < -0.3 is 5.73 Å². The Hall–Kier alpha value is -0.980. The molecule has 1 rings (SSSR count). The first-order chi connectivity index (χ1) is 6.29. The van der Waals surface area contributed by atoms with E-state index in [2.05, 4.69) is 19.9 Å². The fourth-order valence-corrected chi connectivity index (χ4v) is 1.56. The van der Waals surface area contributed by atoms with Gasteiger partial charge in [-0.3, -0.25) is 0 Å². The summed E-state index contributed by atoms with van der Waals surface area (Å²) in [6.45, 7) is 4.35. The molecule has 0 heterocycles. The summed E-state index contributed by atoms with van der Waals surface area (Å²) in [4.78, 5) is 0. The molecule has 0 spiro atoms. The number of nitrogens with two attached hydrogens (primary N) is 1. The third-order valence-electron chi connectivity index (χ3n) is 2.25. The summed E-state index contributed by atoms with van der Waals surface area (Å²) in [5, 5.41) is 0. The molecule has 1 nitrogen and oxygen atoms in total. The quantitative estimate of drug-likeness (QED) is 0.701. The number of hydrogen-bond donors (Lipinski definition) is 1. The Morgan fingerprint density at radius 3 is 1.92 bits per heavy atom. The van der Waals surface area contributed by atoms with Crippen LogP contribution in [-0.2, 0) is 12.8 Å². The summed E-state index contributed by atoms with van der Waals surface area (Å²) in [5.41, 5.74) is 9.54. The van der Waals surface area contributed by atoms with E-state index in [1.54, 1.807) is 0 Å². The molecule has 0 aromatic heterocycles. The highest BCUT2D eigenvalue weighted by molar-refractivity contribution is 5.53. The summed E-state index contributed by atoms with van der Waals surface area (Å²) in [7, 11) is 0. The fourth-order valence-electron chi connectivity index (χ4n) is 1.56. The first-order valence-electron chi connectivity index (χ1n) is 5.06. The van der Waals surface area contributed by atoms with Crippen LogP contribution in [0.3, 0.4) is 0 Å². The van der Waals surface area contributed by atoms with E-state index in [1.807, 2.05) is 12.1 Å². The molecule has 0 saturated carbocycles. The van der Waals surface area contributed by atoms with Crippen LogP contribution in [0.1, 0.15) is 37.8 Å². The maximum atomic E-state index is 6.04. The Balaban J connectivity index is 2.89. The van der Waals surface area contributed by atoms with Crippen LogP contribution in [0.4, 0.5) is 5.69 Å². The predicted octanol–water partition coefficient (Wildman–Crippen LogP) is 2.97. The first-order valence-corrected chi connectivity index (χ1v) is 5.06. The third kappa shape index (κ3) is 2.48. The van der Waals surface area contributed by atoms with Crippen LogP contribution in [0.15, 0.2) is 12.1 Å². The summed E-state index contributed by atoms with van der Waals surface area (Å²) >= 11 is 0. The molecule has 13 heavy (non-hydrogen) atoms. The van der Waals surface area contributed by atoms with Crippen molar-refractivity contribution in [3.8, 4) is 0 Å². The topological polar surface area (TPSA) is 26.0 Å². The van der Waals surface area contributed by atoms with E-state index in [-0.39, 0.29) is 0 Å². The molecule has 0 unspecified atom stereocenters. The van der Waals surface area contributed by atoms with Crippen LogP contribution in [0, 0.1) is 6.07 Å². The van der Waals surface area contributed by atoms with Gasteiger partial charge in [0.2, 0.25) is 0 Å². The van der Waals surface area contributed by atoms with Gasteiger partial charge in [-0.25, -0.2) is 0 Å². The summed E-state index contributed by atoms with van der Waals surface area (Å²) in [5.74, 6) is 0. The first kappa shape index (κ1) is 10.1. The number of anilines is 1. The lowest BCUT2D eigenvalue weighted by molar-refractivity contribution is 0.899. The average Bonchev–Trinajstić information content (AvgIpc) is 2.13. The number of rotatable bonds is 4. The Bertz CT molecular complexity index is 242. The molecule has 71 valence electrons. The van der Waals surface area contributed by atoms with E-state index in [1.165, 1.54) is 11.1 Å². The van der Waals surface area contributed by atoms with Gasteiger partial charge in [0, 0.05) is 5.69 Å². The van der Waals surface area contributed by atoms with Crippen molar-refractivity contribution < 1.29 is 0 Å². The van der Waals surface area contributed by atoms with E-state index in [0.29, 0.717) is 0 Å². The monoisotopic (exact) mass is 176 g/mol. The molecule has 0 fully saturated rings. The third-order valence-corrected chi connectivity index (χ3v) is 2.25. The van der Waals surface area contributed by atoms with Crippen molar-refractivity contribution in [2.45, 2.75) is 39.5 Å². The minimum atomic E-state index is 0.988. The number of nitrogen functional groups attached to an aromatic ring is 1. The summed E-state index contributed by atoms with van der Waals surface area (Å²) in [6, 6.07) is 7.18. The molecular formula is C12H18N. The van der Waals surface area contributed by atoms with Gasteiger partial charge in [-0.15, -0.1) is 0 Å². The van der Waals surface area contributed by atoms with Gasteiger partial charge in [0.05, 0.1) is 0 Å². The van der Waals surface area contributed by atoms with E-state index in [0.717, 1.165) is 31.4 Å². The molecule has 0 aliphatic rings. The van der Waals surface area contributed by atoms with Crippen molar-refractivity contribution >= 4 is 5.69 Å². The lowest BCUT2D eigenvalue weighted by Gasteiger charge is -2.08. The van der Waals surface area contributed by atoms with Crippen LogP contribution in [-0.4, -0.2) is 0 Å². The molecule has 1 aromatic carbocycles. The van der Waals surface area contributed by atoms with E-state index < -0.39 is 0 Å². The molecule has 0 bridgehead atoms. The minimum Gasteiger partial charge on any atom is -0.398 e. The van der Waals surface area contributed by atoms with Crippen LogP contribution < -0.4 is 5.73 Å². The summed E-state index contributed by atoms with van der Waals surface area (Å²) in [6.07, 6.45) is 4.43. The highest BCUT2D eigenvalue weighted by Crippen LogP contribution is 2.19. The largest absolute Gasteiger partial charge is 0.398 e. The molecule has 0 amide bonds. The highest BCUT2D eigenvalue weighted by Gasteiger charge is 2.02. The van der Waals surface area contributed by atoms with Crippen LogP contribution in [0.25, 0.3) is 0 Å². The van der Waals surface area contributed by atoms with Crippen molar-refractivity contribution in [1.82, 2.24) is 0 Å². The molecular weight excluding hydrogens is 158 g/mol. The molecule has 0 aliphatic carbocycles. The van der Waals surface area contributed by atoms with Gasteiger partial charge in [-0.05, 0) is 42.2 Å². The zero-order valence-electron chi connectivity index (χ0n) is 8.56. The van der Waals surface area contributed by atoms with Gasteiger partial charge in [0.25, 0.3) is 0 Å². The minimum absolute atomic E-state index is 0.988. The zero-order chi connectivity index (χ0) is 9.68. The SMILES string of the molecule is CCCc1c[c]cc(CCC)c1N. The van der Waals surface area contributed by atoms with Crippen molar-refractivity contribution in [2.75, 3.05) is 5.73 Å². The standard InChI is InChI=1S/C12H18N/c1-3-6-10-8-5-9-11(7-4-2)12(10)13/h8-9H,3-4,6-7,13H2,1-2H3. The highest BCUT2D eigenvalue weighted by atomic mass is 14.6. The number of aryl methyl sites for hydroxylation is 2. The molecule has 2 N–H and O–H groups in total. The van der Waals surface area contributed by atoms with E-state index in [9.17, 15) is 0 Å². The number of hydrogen-bond acceptors (Lipinski definition) is 1. The predicted molar refractivity (Wildman–Crippen MR) is 57.7 cm³/mol. The molecule has 1 aromatic rings. The Morgan fingerprint density at radius 1 is 1.08 bits per heavy atom.